The molecule has 6 heteroatoms. The number of nitrogens with one attached hydrogen (secondary N) is 1. The zero-order chi connectivity index (χ0) is 13.8. The Morgan fingerprint density at radius 2 is 2.06 bits per heavy atom. The lowest BCUT2D eigenvalue weighted by molar-refractivity contribution is 0.452. The van der Waals surface area contributed by atoms with Crippen LogP contribution in [0, 0.1) is 0 Å². The Morgan fingerprint density at radius 1 is 1.39 bits per heavy atom. The first-order valence-electron chi connectivity index (χ1n) is 6.12. The molecule has 0 aliphatic heterocycles. The van der Waals surface area contributed by atoms with Gasteiger partial charge in [0, 0.05) is 23.9 Å². The Bertz CT molecular complexity index is 471. The van der Waals surface area contributed by atoms with Crippen LogP contribution < -0.4 is 10.5 Å². The van der Waals surface area contributed by atoms with Crippen molar-refractivity contribution in [2.24, 2.45) is 5.14 Å². The van der Waals surface area contributed by atoms with Crippen molar-refractivity contribution in [1.82, 2.24) is 10.3 Å². The van der Waals surface area contributed by atoms with Crippen LogP contribution in [0.4, 0.5) is 0 Å². The maximum absolute atomic E-state index is 11.1. The lowest BCUT2D eigenvalue weighted by Gasteiger charge is -2.23. The van der Waals surface area contributed by atoms with E-state index in [1.165, 1.54) is 12.3 Å². The Balaban J connectivity index is 2.95. The van der Waals surface area contributed by atoms with Gasteiger partial charge in [-0.3, -0.25) is 4.98 Å². The summed E-state index contributed by atoms with van der Waals surface area (Å²) in [6, 6.07) is 3.55. The lowest BCUT2D eigenvalue weighted by atomic mass is 9.94. The molecule has 0 aromatic carbocycles. The van der Waals surface area contributed by atoms with Gasteiger partial charge >= 0.3 is 0 Å². The predicted molar refractivity (Wildman–Crippen MR) is 71.8 cm³/mol. The molecule has 0 saturated heterocycles. The minimum Gasteiger partial charge on any atom is -0.314 e. The number of aromatic nitrogens is 1. The Kier molecular flexibility index (Phi) is 5.25. The molecule has 0 spiro atoms. The largest absolute Gasteiger partial charge is 0.314 e. The zero-order valence-electron chi connectivity index (χ0n) is 11.1. The fourth-order valence-electron chi connectivity index (χ4n) is 2.06. The van der Waals surface area contributed by atoms with Gasteiger partial charge in [-0.2, -0.15) is 0 Å². The van der Waals surface area contributed by atoms with E-state index in [0.717, 1.165) is 18.7 Å². The fourth-order valence-corrected chi connectivity index (χ4v) is 2.52. The lowest BCUT2D eigenvalue weighted by Crippen LogP contribution is -2.32. The molecule has 102 valence electrons. The zero-order valence-corrected chi connectivity index (χ0v) is 11.9. The molecule has 1 heterocycles. The van der Waals surface area contributed by atoms with E-state index in [2.05, 4.69) is 31.1 Å². The summed E-state index contributed by atoms with van der Waals surface area (Å²) in [6.45, 7) is 7.15. The number of nitrogens with two attached hydrogens (primary N) is 1. The van der Waals surface area contributed by atoms with Gasteiger partial charge in [-0.1, -0.05) is 13.8 Å². The number of nitrogens with zero attached hydrogens (tertiary/aromatic N) is 1. The molecule has 0 aliphatic carbocycles. The van der Waals surface area contributed by atoms with Crippen LogP contribution >= 0.6 is 0 Å². The van der Waals surface area contributed by atoms with E-state index in [0.29, 0.717) is 6.04 Å². The van der Waals surface area contributed by atoms with Gasteiger partial charge < -0.3 is 5.32 Å². The number of primary sulfonamides is 1. The van der Waals surface area contributed by atoms with E-state index in [-0.39, 0.29) is 10.8 Å². The molecule has 0 radical (unpaired) electrons. The van der Waals surface area contributed by atoms with Crippen LogP contribution in [0.5, 0.6) is 0 Å². The molecule has 0 fully saturated rings. The van der Waals surface area contributed by atoms with Crippen LogP contribution in [-0.2, 0) is 10.0 Å². The van der Waals surface area contributed by atoms with E-state index < -0.39 is 10.0 Å². The highest BCUT2D eigenvalue weighted by molar-refractivity contribution is 7.89. The Labute approximate surface area is 109 Å². The van der Waals surface area contributed by atoms with Gasteiger partial charge in [0.1, 0.15) is 4.90 Å². The van der Waals surface area contributed by atoms with Gasteiger partial charge in [0.05, 0.1) is 0 Å². The average molecular weight is 271 g/mol. The minimum atomic E-state index is -3.66. The average Bonchev–Trinajstić information content (AvgIpc) is 2.30. The van der Waals surface area contributed by atoms with E-state index in [1.807, 2.05) is 0 Å². The van der Waals surface area contributed by atoms with E-state index in [4.69, 9.17) is 5.14 Å². The van der Waals surface area contributed by atoms with Gasteiger partial charge in [-0.15, -0.1) is 0 Å². The third kappa shape index (κ3) is 3.76. The third-order valence-corrected chi connectivity index (χ3v) is 3.94. The maximum Gasteiger partial charge on any atom is 0.239 e. The highest BCUT2D eigenvalue weighted by Crippen LogP contribution is 2.22. The second-order valence-electron chi connectivity index (χ2n) is 4.32. The van der Waals surface area contributed by atoms with Crippen LogP contribution in [0.2, 0.25) is 0 Å². The molecular formula is C12H21N3O2S. The molecule has 1 rings (SSSR count). The number of likely N-dealkylation sites (N-methyl/N-ethyl adjacent to an activating group) is 1. The minimum absolute atomic E-state index is 0.0530. The van der Waals surface area contributed by atoms with Crippen molar-refractivity contribution in [3.8, 4) is 0 Å². The van der Waals surface area contributed by atoms with Crippen LogP contribution in [0.25, 0.3) is 0 Å². The Hall–Kier alpha value is -0.980. The summed E-state index contributed by atoms with van der Waals surface area (Å²) in [5, 5.41) is 8.40. The van der Waals surface area contributed by atoms with Crippen molar-refractivity contribution < 1.29 is 8.42 Å². The van der Waals surface area contributed by atoms with E-state index in [1.54, 1.807) is 6.07 Å². The van der Waals surface area contributed by atoms with Crippen LogP contribution in [0.3, 0.4) is 0 Å². The summed E-state index contributed by atoms with van der Waals surface area (Å²) in [5.41, 5.74) is 0.887. The maximum atomic E-state index is 11.1. The highest BCUT2D eigenvalue weighted by atomic mass is 32.2. The standard InChI is InChI=1S/C12H21N3O2S/c1-4-11(9(3)14-5-2)12-7-6-10(8-15-12)18(13,16)17/h6-9,11,14H,4-5H2,1-3H3,(H2,13,16,17). The van der Waals surface area contributed by atoms with Crippen molar-refractivity contribution in [2.45, 2.75) is 44.0 Å². The number of rotatable bonds is 6. The van der Waals surface area contributed by atoms with Gasteiger partial charge in [-0.25, -0.2) is 13.6 Å². The van der Waals surface area contributed by atoms with Gasteiger partial charge in [0.2, 0.25) is 10.0 Å². The molecule has 2 unspecified atom stereocenters. The molecular weight excluding hydrogens is 250 g/mol. The molecule has 18 heavy (non-hydrogen) atoms. The molecule has 0 amide bonds. The predicted octanol–water partition coefficient (Wildman–Crippen LogP) is 1.22. The smallest absolute Gasteiger partial charge is 0.239 e. The van der Waals surface area contributed by atoms with Crippen molar-refractivity contribution in [3.63, 3.8) is 0 Å². The van der Waals surface area contributed by atoms with Gasteiger partial charge in [0.25, 0.3) is 0 Å². The van der Waals surface area contributed by atoms with Crippen LogP contribution in [-0.4, -0.2) is 26.0 Å². The summed E-state index contributed by atoms with van der Waals surface area (Å²) in [4.78, 5) is 4.27. The second-order valence-corrected chi connectivity index (χ2v) is 5.89. The monoisotopic (exact) mass is 271 g/mol. The number of hydrogen-bond donors (Lipinski definition) is 2. The number of hydrogen-bond acceptors (Lipinski definition) is 4. The summed E-state index contributed by atoms with van der Waals surface area (Å²) in [6.07, 6.45) is 2.27. The van der Waals surface area contributed by atoms with E-state index in [9.17, 15) is 8.42 Å². The van der Waals surface area contributed by atoms with Gasteiger partial charge in [0.15, 0.2) is 0 Å². The molecule has 5 nitrogen and oxygen atoms in total. The quantitative estimate of drug-likeness (QED) is 0.814. The van der Waals surface area contributed by atoms with E-state index >= 15 is 0 Å². The molecule has 0 bridgehead atoms. The summed E-state index contributed by atoms with van der Waals surface area (Å²) in [7, 11) is -3.66. The fraction of sp³-hybridized carbons (Fsp3) is 0.583. The molecule has 1 aromatic heterocycles. The highest BCUT2D eigenvalue weighted by Gasteiger charge is 2.18. The van der Waals surface area contributed by atoms with Crippen molar-refractivity contribution in [2.75, 3.05) is 6.54 Å². The van der Waals surface area contributed by atoms with Crippen LogP contribution in [0.1, 0.15) is 38.8 Å². The molecule has 2 atom stereocenters. The number of pyridine rings is 1. The first-order chi connectivity index (χ1) is 8.40. The summed E-state index contributed by atoms with van der Waals surface area (Å²) < 4.78 is 22.3. The molecule has 1 aromatic rings. The van der Waals surface area contributed by atoms with Crippen molar-refractivity contribution in [3.05, 3.63) is 24.0 Å². The molecule has 0 saturated carbocycles. The van der Waals surface area contributed by atoms with Crippen molar-refractivity contribution >= 4 is 10.0 Å². The summed E-state index contributed by atoms with van der Waals surface area (Å²) >= 11 is 0. The van der Waals surface area contributed by atoms with Gasteiger partial charge in [-0.05, 0) is 32.0 Å². The second kappa shape index (κ2) is 6.26. The topological polar surface area (TPSA) is 85.1 Å². The first kappa shape index (κ1) is 15.1. The molecule has 0 aliphatic rings. The first-order valence-corrected chi connectivity index (χ1v) is 7.66. The SMILES string of the molecule is CCNC(C)C(CC)c1ccc(S(N)(=O)=O)cn1. The van der Waals surface area contributed by atoms with Crippen LogP contribution in [0.15, 0.2) is 23.2 Å². The summed E-state index contributed by atoms with van der Waals surface area (Å²) in [5.74, 6) is 0.263. The number of sulfonamides is 1. The molecule has 3 N–H and O–H groups in total. The Morgan fingerprint density at radius 3 is 2.44 bits per heavy atom. The van der Waals surface area contributed by atoms with Crippen molar-refractivity contribution in [1.29, 1.82) is 0 Å². The third-order valence-electron chi connectivity index (χ3n) is 3.04. The normalized spacial score (nSPS) is 15.3.